The van der Waals surface area contributed by atoms with Crippen LogP contribution in [0.3, 0.4) is 0 Å². The zero-order valence-electron chi connectivity index (χ0n) is 16.3. The van der Waals surface area contributed by atoms with Gasteiger partial charge >= 0.3 is 0 Å². The second-order valence-corrected chi connectivity index (χ2v) is 8.19. The summed E-state index contributed by atoms with van der Waals surface area (Å²) >= 11 is 1.46. The summed E-state index contributed by atoms with van der Waals surface area (Å²) in [6.07, 6.45) is 3.22. The quantitative estimate of drug-likeness (QED) is 0.410. The molecule has 148 valence electrons. The first-order valence-electron chi connectivity index (χ1n) is 9.78. The number of ether oxygens (including phenoxy) is 1. The third-order valence-corrected chi connectivity index (χ3v) is 6.55. The maximum atomic E-state index is 13.1. The van der Waals surface area contributed by atoms with E-state index in [-0.39, 0.29) is 11.8 Å². The van der Waals surface area contributed by atoms with Crippen LogP contribution in [0.15, 0.2) is 60.7 Å². The monoisotopic (exact) mass is 405 g/mol. The number of benzene rings is 2. The second kappa shape index (κ2) is 8.72. The van der Waals surface area contributed by atoms with Crippen molar-refractivity contribution in [2.45, 2.75) is 18.9 Å². The average Bonchev–Trinajstić information content (AvgIpc) is 3.46. The molecule has 1 unspecified atom stereocenters. The lowest BCUT2D eigenvalue weighted by atomic mass is 10.0. The smallest absolute Gasteiger partial charge is 0.202 e. The van der Waals surface area contributed by atoms with Gasteiger partial charge in [-0.3, -0.25) is 9.69 Å². The molecule has 2 heterocycles. The zero-order chi connectivity index (χ0) is 20.2. The van der Waals surface area contributed by atoms with Crippen LogP contribution in [0, 0.1) is 0 Å². The lowest BCUT2D eigenvalue weighted by Crippen LogP contribution is -2.26. The van der Waals surface area contributed by atoms with Crippen LogP contribution in [-0.4, -0.2) is 37.2 Å². The molecule has 5 heteroatoms. The first-order chi connectivity index (χ1) is 14.2. The van der Waals surface area contributed by atoms with Crippen molar-refractivity contribution in [2.75, 3.05) is 20.2 Å². The van der Waals surface area contributed by atoms with Crippen LogP contribution >= 0.6 is 11.3 Å². The summed E-state index contributed by atoms with van der Waals surface area (Å²) in [5.74, 6) is 0.681. The predicted molar refractivity (Wildman–Crippen MR) is 116 cm³/mol. The third-order valence-electron chi connectivity index (χ3n) is 5.35. The summed E-state index contributed by atoms with van der Waals surface area (Å²) in [7, 11) is 1.60. The van der Waals surface area contributed by atoms with Crippen LogP contribution in [-0.2, 0) is 4.79 Å². The molecule has 1 aliphatic heterocycles. The molecule has 1 aromatic heterocycles. The highest BCUT2D eigenvalue weighted by Gasteiger charge is 2.28. The number of nitrogens with zero attached hydrogens (tertiary/aromatic N) is 1. The molecule has 0 saturated carbocycles. The van der Waals surface area contributed by atoms with E-state index in [2.05, 4.69) is 4.90 Å². The first kappa shape index (κ1) is 19.6. The largest absolute Gasteiger partial charge is 0.497 e. The van der Waals surface area contributed by atoms with Crippen molar-refractivity contribution in [3.8, 4) is 16.2 Å². The van der Waals surface area contributed by atoms with Gasteiger partial charge in [-0.15, -0.1) is 11.3 Å². The van der Waals surface area contributed by atoms with E-state index >= 15 is 0 Å². The Morgan fingerprint density at radius 1 is 1.07 bits per heavy atom. The molecular formula is C24H23NO3S. The van der Waals surface area contributed by atoms with E-state index in [1.54, 1.807) is 31.4 Å². The van der Waals surface area contributed by atoms with E-state index in [1.807, 2.05) is 36.4 Å². The van der Waals surface area contributed by atoms with E-state index in [0.29, 0.717) is 16.2 Å². The van der Waals surface area contributed by atoms with Gasteiger partial charge in [-0.25, -0.2) is 0 Å². The maximum absolute atomic E-state index is 13.1. The van der Waals surface area contributed by atoms with Gasteiger partial charge in [-0.2, -0.15) is 0 Å². The van der Waals surface area contributed by atoms with Crippen LogP contribution in [0.1, 0.15) is 39.7 Å². The van der Waals surface area contributed by atoms with Gasteiger partial charge in [0.25, 0.3) is 0 Å². The van der Waals surface area contributed by atoms with Crippen LogP contribution in [0.4, 0.5) is 0 Å². The molecule has 0 N–H and O–H groups in total. The number of methoxy groups -OCH3 is 1. The Morgan fingerprint density at radius 3 is 2.38 bits per heavy atom. The molecule has 29 heavy (non-hydrogen) atoms. The summed E-state index contributed by atoms with van der Waals surface area (Å²) < 4.78 is 5.19. The Kier molecular flexibility index (Phi) is 5.88. The molecule has 1 fully saturated rings. The van der Waals surface area contributed by atoms with Crippen molar-refractivity contribution in [3.05, 3.63) is 76.7 Å². The lowest BCUT2D eigenvalue weighted by molar-refractivity contribution is -0.112. The average molecular weight is 406 g/mol. The molecule has 2 aromatic carbocycles. The van der Waals surface area contributed by atoms with Gasteiger partial charge in [0, 0.05) is 10.4 Å². The van der Waals surface area contributed by atoms with E-state index in [9.17, 15) is 9.59 Å². The minimum Gasteiger partial charge on any atom is -0.497 e. The molecule has 0 radical (unpaired) electrons. The fraction of sp³-hybridized carbons (Fsp3) is 0.250. The number of ketones is 1. The molecule has 0 bridgehead atoms. The van der Waals surface area contributed by atoms with Gasteiger partial charge in [0.1, 0.15) is 12.0 Å². The summed E-state index contributed by atoms with van der Waals surface area (Å²) in [6, 6.07) is 18.7. The Morgan fingerprint density at radius 2 is 1.76 bits per heavy atom. The fourth-order valence-electron chi connectivity index (χ4n) is 3.81. The minimum atomic E-state index is -0.318. The summed E-state index contributed by atoms with van der Waals surface area (Å²) in [6.45, 7) is 1.82. The highest BCUT2D eigenvalue weighted by molar-refractivity contribution is 7.17. The van der Waals surface area contributed by atoms with Crippen LogP contribution in [0.25, 0.3) is 10.4 Å². The number of aldehydes is 1. The van der Waals surface area contributed by atoms with Crippen molar-refractivity contribution < 1.29 is 14.3 Å². The first-order valence-corrected chi connectivity index (χ1v) is 10.6. The van der Waals surface area contributed by atoms with Gasteiger partial charge < -0.3 is 9.53 Å². The lowest BCUT2D eigenvalue weighted by Gasteiger charge is -2.23. The summed E-state index contributed by atoms with van der Waals surface area (Å²) in [4.78, 5) is 29.1. The molecular weight excluding hydrogens is 382 g/mol. The molecule has 3 aromatic rings. The molecule has 0 amide bonds. The molecule has 0 spiro atoms. The molecule has 4 nitrogen and oxygen atoms in total. The highest BCUT2D eigenvalue weighted by atomic mass is 32.1. The second-order valence-electron chi connectivity index (χ2n) is 7.14. The van der Waals surface area contributed by atoms with Crippen molar-refractivity contribution in [3.63, 3.8) is 0 Å². The van der Waals surface area contributed by atoms with E-state index in [0.717, 1.165) is 48.2 Å². The summed E-state index contributed by atoms with van der Waals surface area (Å²) in [5.41, 5.74) is 2.57. The van der Waals surface area contributed by atoms with Gasteiger partial charge in [0.15, 0.2) is 0 Å². The van der Waals surface area contributed by atoms with E-state index in [1.165, 1.54) is 11.3 Å². The predicted octanol–water partition coefficient (Wildman–Crippen LogP) is 4.99. The van der Waals surface area contributed by atoms with Gasteiger partial charge in [0.2, 0.25) is 5.78 Å². The van der Waals surface area contributed by atoms with Crippen LogP contribution in [0.5, 0.6) is 5.75 Å². The number of carbonyl (C=O) groups is 2. The van der Waals surface area contributed by atoms with Crippen LogP contribution in [0.2, 0.25) is 0 Å². The Hall–Kier alpha value is -2.76. The van der Waals surface area contributed by atoms with Crippen molar-refractivity contribution in [1.82, 2.24) is 4.90 Å². The van der Waals surface area contributed by atoms with Gasteiger partial charge in [0.05, 0.1) is 18.0 Å². The summed E-state index contributed by atoms with van der Waals surface area (Å²) in [5, 5.41) is 0. The number of hydrogen-bond donors (Lipinski definition) is 0. The molecule has 0 aliphatic carbocycles. The van der Waals surface area contributed by atoms with Crippen molar-refractivity contribution >= 4 is 23.4 Å². The normalized spacial score (nSPS) is 15.2. The Labute approximate surface area is 174 Å². The van der Waals surface area contributed by atoms with E-state index in [4.69, 9.17) is 4.74 Å². The Balaban J connectivity index is 1.76. The number of carbonyl (C=O) groups excluding carboxylic acids is 2. The number of hydrogen-bond acceptors (Lipinski definition) is 5. The minimum absolute atomic E-state index is 0.0350. The number of thiophene rings is 1. The molecule has 1 aliphatic rings. The maximum Gasteiger partial charge on any atom is 0.202 e. The van der Waals surface area contributed by atoms with Crippen molar-refractivity contribution in [1.29, 1.82) is 0 Å². The SMILES string of the molecule is COc1ccc(C(=O)c2cc(C(C=O)N3CCCC3)c(-c3ccccc3)s2)cc1. The zero-order valence-corrected chi connectivity index (χ0v) is 17.2. The number of rotatable bonds is 7. The van der Waals surface area contributed by atoms with Gasteiger partial charge in [-0.05, 0) is 67.4 Å². The molecule has 1 saturated heterocycles. The number of likely N-dealkylation sites (tertiary alicyclic amines) is 1. The molecule has 1 atom stereocenters. The van der Waals surface area contributed by atoms with Crippen LogP contribution < -0.4 is 4.74 Å². The standard InChI is InChI=1S/C24H23NO3S/c1-28-19-11-9-17(10-12-19)23(27)22-15-20(21(16-26)25-13-5-6-14-25)24(29-22)18-7-3-2-4-8-18/h2-4,7-12,15-16,21H,5-6,13-14H2,1H3. The van der Waals surface area contributed by atoms with Crippen molar-refractivity contribution in [2.24, 2.45) is 0 Å². The van der Waals surface area contributed by atoms with Gasteiger partial charge in [-0.1, -0.05) is 30.3 Å². The molecule has 4 rings (SSSR count). The van der Waals surface area contributed by atoms with E-state index < -0.39 is 0 Å². The Bertz CT molecular complexity index is 989. The third kappa shape index (κ3) is 4.02. The topological polar surface area (TPSA) is 46.6 Å². The fourth-order valence-corrected chi connectivity index (χ4v) is 4.98. The highest BCUT2D eigenvalue weighted by Crippen LogP contribution is 2.39.